The maximum Gasteiger partial charge on any atom is 0.0815 e. The summed E-state index contributed by atoms with van der Waals surface area (Å²) in [4.78, 5) is 5.45. The smallest absolute Gasteiger partial charge is 0.0815 e. The van der Waals surface area contributed by atoms with Crippen LogP contribution in [0.4, 0.5) is 0 Å². The third-order valence-corrected chi connectivity index (χ3v) is 8.04. The van der Waals surface area contributed by atoms with E-state index in [1.54, 1.807) is 0 Å². The van der Waals surface area contributed by atoms with Gasteiger partial charge in [0, 0.05) is 33.6 Å². The van der Waals surface area contributed by atoms with Gasteiger partial charge in [-0.05, 0) is 59.4 Å². The van der Waals surface area contributed by atoms with E-state index in [0.29, 0.717) is 6.04 Å². The van der Waals surface area contributed by atoms with Gasteiger partial charge >= 0.3 is 0 Å². The van der Waals surface area contributed by atoms with Crippen LogP contribution >= 0.6 is 0 Å². The zero-order chi connectivity index (χ0) is 21.3. The molecule has 1 atom stereocenters. The molecular formula is C29H28N2. The van der Waals surface area contributed by atoms with Gasteiger partial charge in [0.15, 0.2) is 0 Å². The van der Waals surface area contributed by atoms with Gasteiger partial charge in [-0.1, -0.05) is 68.4 Å². The molecule has 1 unspecified atom stereocenters. The molecule has 2 nitrogen and oxygen atoms in total. The highest BCUT2D eigenvalue weighted by Crippen LogP contribution is 2.42. The average molecular weight is 405 g/mol. The predicted octanol–water partition coefficient (Wildman–Crippen LogP) is 6.51. The molecule has 6 rings (SSSR count). The number of benzene rings is 4. The highest BCUT2D eigenvalue weighted by atomic mass is 14.9. The number of hydrogen-bond donors (Lipinski definition) is 1. The highest BCUT2D eigenvalue weighted by molar-refractivity contribution is 6.26. The van der Waals surface area contributed by atoms with E-state index >= 15 is 0 Å². The van der Waals surface area contributed by atoms with Crippen molar-refractivity contribution in [3.63, 3.8) is 0 Å². The van der Waals surface area contributed by atoms with Crippen molar-refractivity contribution in [1.82, 2.24) is 10.3 Å². The number of pyridine rings is 1. The van der Waals surface area contributed by atoms with E-state index in [-0.39, 0.29) is 5.41 Å². The molecule has 1 aliphatic rings. The Morgan fingerprint density at radius 3 is 2.16 bits per heavy atom. The molecule has 2 heteroatoms. The first-order chi connectivity index (χ1) is 15.1. The highest BCUT2D eigenvalue weighted by Gasteiger charge is 2.37. The minimum Gasteiger partial charge on any atom is -0.387 e. The molecule has 2 bridgehead atoms. The van der Waals surface area contributed by atoms with E-state index in [1.165, 1.54) is 54.2 Å². The quantitative estimate of drug-likeness (QED) is 0.268. The van der Waals surface area contributed by atoms with Crippen molar-refractivity contribution in [2.75, 3.05) is 0 Å². The van der Waals surface area contributed by atoms with Crippen LogP contribution in [0.2, 0.25) is 0 Å². The Kier molecular flexibility index (Phi) is 3.87. The summed E-state index contributed by atoms with van der Waals surface area (Å²) >= 11 is 0. The molecule has 0 saturated carbocycles. The third-order valence-electron chi connectivity index (χ3n) is 8.04. The van der Waals surface area contributed by atoms with E-state index in [4.69, 9.17) is 4.98 Å². The Labute approximate surface area is 183 Å². The molecule has 1 aromatic heterocycles. The summed E-state index contributed by atoms with van der Waals surface area (Å²) in [6.07, 6.45) is 4.40. The van der Waals surface area contributed by atoms with Crippen LogP contribution in [0.15, 0.2) is 54.6 Å². The van der Waals surface area contributed by atoms with Crippen LogP contribution in [0.3, 0.4) is 0 Å². The van der Waals surface area contributed by atoms with Gasteiger partial charge in [0.2, 0.25) is 0 Å². The molecule has 4 aromatic carbocycles. The molecule has 1 aliphatic heterocycles. The number of para-hydroxylation sites is 1. The standard InChI is InChI=1S/C29H28N2/c1-5-29(6-2)18(4)30-16-23-25-17(3)10-7-11-19(25)20-12-8-13-21-22-14-9-15-24(29)27(22)31-28(23)26(20)21/h7-16,18,30H,5-6H2,1-4H3. The Balaban J connectivity index is 1.99. The number of nitrogens with one attached hydrogen (secondary N) is 1. The maximum absolute atomic E-state index is 5.45. The number of rotatable bonds is 2. The summed E-state index contributed by atoms with van der Waals surface area (Å²) in [5.41, 5.74) is 5.00. The molecule has 1 N–H and O–H groups in total. The van der Waals surface area contributed by atoms with Gasteiger partial charge in [0.25, 0.3) is 0 Å². The molecule has 0 radical (unpaired) electrons. The second-order valence-electron chi connectivity index (χ2n) is 9.20. The van der Waals surface area contributed by atoms with Gasteiger partial charge in [-0.25, -0.2) is 4.98 Å². The topological polar surface area (TPSA) is 24.9 Å². The normalized spacial score (nSPS) is 17.7. The van der Waals surface area contributed by atoms with Gasteiger partial charge in [-0.15, -0.1) is 0 Å². The van der Waals surface area contributed by atoms with Crippen molar-refractivity contribution in [3.05, 3.63) is 70.9 Å². The summed E-state index contributed by atoms with van der Waals surface area (Å²) in [5, 5.41) is 12.8. The summed E-state index contributed by atoms with van der Waals surface area (Å²) < 4.78 is 0. The minimum absolute atomic E-state index is 0.0314. The monoisotopic (exact) mass is 404 g/mol. The molecule has 154 valence electrons. The van der Waals surface area contributed by atoms with Crippen molar-refractivity contribution < 1.29 is 0 Å². The van der Waals surface area contributed by atoms with Crippen LogP contribution in [0.5, 0.6) is 0 Å². The average Bonchev–Trinajstić information content (AvgIpc) is 2.84. The zero-order valence-electron chi connectivity index (χ0n) is 18.7. The van der Waals surface area contributed by atoms with E-state index in [1.807, 2.05) is 0 Å². The number of nitrogens with zero attached hydrogens (tertiary/aromatic N) is 1. The van der Waals surface area contributed by atoms with Gasteiger partial charge in [-0.2, -0.15) is 0 Å². The van der Waals surface area contributed by atoms with Crippen LogP contribution in [-0.2, 0) is 5.41 Å². The van der Waals surface area contributed by atoms with Crippen molar-refractivity contribution in [1.29, 1.82) is 0 Å². The van der Waals surface area contributed by atoms with Crippen LogP contribution < -0.4 is 10.5 Å². The zero-order valence-corrected chi connectivity index (χ0v) is 18.7. The van der Waals surface area contributed by atoms with Gasteiger partial charge in [-0.3, -0.25) is 0 Å². The Bertz CT molecular complexity index is 1560. The second kappa shape index (κ2) is 6.43. The van der Waals surface area contributed by atoms with Gasteiger partial charge in [0.05, 0.1) is 11.0 Å². The molecule has 0 amide bonds. The molecule has 2 heterocycles. The van der Waals surface area contributed by atoms with Crippen molar-refractivity contribution in [2.24, 2.45) is 0 Å². The number of aryl methyl sites for hydroxylation is 1. The SMILES string of the molecule is CCC1(CC)c2cccc3c2nc2c(c4c(C)cccc4c4cccc3c24)=CNC1C. The lowest BCUT2D eigenvalue weighted by Gasteiger charge is -2.39. The first-order valence-electron chi connectivity index (χ1n) is 11.5. The Hall–Kier alpha value is -3.13. The predicted molar refractivity (Wildman–Crippen MR) is 134 cm³/mol. The van der Waals surface area contributed by atoms with Crippen molar-refractivity contribution in [2.45, 2.75) is 52.0 Å². The minimum atomic E-state index is 0.0314. The number of fused-ring (bicyclic) bond motifs is 4. The van der Waals surface area contributed by atoms with Crippen LogP contribution in [0.25, 0.3) is 49.6 Å². The fourth-order valence-corrected chi connectivity index (χ4v) is 6.26. The molecule has 5 aromatic rings. The molecule has 0 spiro atoms. The van der Waals surface area contributed by atoms with Crippen LogP contribution in [0.1, 0.15) is 44.7 Å². The van der Waals surface area contributed by atoms with Crippen molar-refractivity contribution >= 4 is 49.6 Å². The summed E-state index contributed by atoms with van der Waals surface area (Å²) in [6, 6.07) is 20.5. The van der Waals surface area contributed by atoms with Gasteiger partial charge in [0.1, 0.15) is 0 Å². The fourth-order valence-electron chi connectivity index (χ4n) is 6.26. The summed E-state index contributed by atoms with van der Waals surface area (Å²) in [7, 11) is 0. The molecular weight excluding hydrogens is 376 g/mol. The largest absolute Gasteiger partial charge is 0.387 e. The molecule has 0 fully saturated rings. The summed E-state index contributed by atoms with van der Waals surface area (Å²) in [6.45, 7) is 9.19. The van der Waals surface area contributed by atoms with Crippen LogP contribution in [0, 0.1) is 6.92 Å². The summed E-state index contributed by atoms with van der Waals surface area (Å²) in [5.74, 6) is 0. The van der Waals surface area contributed by atoms with E-state index in [2.05, 4.69) is 93.8 Å². The number of hydrogen-bond acceptors (Lipinski definition) is 2. The van der Waals surface area contributed by atoms with Crippen LogP contribution in [-0.4, -0.2) is 11.0 Å². The maximum atomic E-state index is 5.45. The van der Waals surface area contributed by atoms with E-state index in [0.717, 1.165) is 18.4 Å². The molecule has 31 heavy (non-hydrogen) atoms. The molecule has 0 aliphatic carbocycles. The first kappa shape index (κ1) is 18.6. The third kappa shape index (κ3) is 2.25. The lowest BCUT2D eigenvalue weighted by molar-refractivity contribution is 0.314. The fraction of sp³-hybridized carbons (Fsp3) is 0.276. The first-order valence-corrected chi connectivity index (χ1v) is 11.5. The lowest BCUT2D eigenvalue weighted by atomic mass is 9.70. The number of aromatic nitrogens is 1. The molecule has 0 saturated heterocycles. The Morgan fingerprint density at radius 1 is 0.806 bits per heavy atom. The lowest BCUT2D eigenvalue weighted by Crippen LogP contribution is -2.44. The van der Waals surface area contributed by atoms with Gasteiger partial charge < -0.3 is 5.32 Å². The second-order valence-corrected chi connectivity index (χ2v) is 9.20. The van der Waals surface area contributed by atoms with E-state index < -0.39 is 0 Å². The Morgan fingerprint density at radius 2 is 1.42 bits per heavy atom. The van der Waals surface area contributed by atoms with E-state index in [9.17, 15) is 0 Å². The van der Waals surface area contributed by atoms with Crippen molar-refractivity contribution in [3.8, 4) is 0 Å².